The lowest BCUT2D eigenvalue weighted by Crippen LogP contribution is -2.10. The zero-order valence-electron chi connectivity index (χ0n) is 10.8. The largest absolute Gasteiger partial charge is 0.352 e. The van der Waals surface area contributed by atoms with Crippen molar-refractivity contribution in [2.24, 2.45) is 0 Å². The smallest absolute Gasteiger partial charge is 0.203 e. The minimum atomic E-state index is 0.621. The van der Waals surface area contributed by atoms with Gasteiger partial charge in [0.25, 0.3) is 0 Å². The minimum absolute atomic E-state index is 0.621. The van der Waals surface area contributed by atoms with Gasteiger partial charge in [-0.2, -0.15) is 0 Å². The molecule has 3 nitrogen and oxygen atoms in total. The van der Waals surface area contributed by atoms with Gasteiger partial charge in [-0.05, 0) is 30.5 Å². The Morgan fingerprint density at radius 1 is 1.21 bits per heavy atom. The molecule has 0 saturated heterocycles. The van der Waals surface area contributed by atoms with Crippen LogP contribution in [0.2, 0.25) is 5.02 Å². The summed E-state index contributed by atoms with van der Waals surface area (Å²) in [5, 5.41) is 4.19. The van der Waals surface area contributed by atoms with Crippen LogP contribution < -0.4 is 5.32 Å². The molecule has 1 aromatic carbocycles. The van der Waals surface area contributed by atoms with Gasteiger partial charge in [0.1, 0.15) is 0 Å². The minimum Gasteiger partial charge on any atom is -0.352 e. The number of aromatic nitrogens is 2. The van der Waals surface area contributed by atoms with E-state index in [1.54, 1.807) is 0 Å². The van der Waals surface area contributed by atoms with E-state index in [1.165, 1.54) is 31.2 Å². The van der Waals surface area contributed by atoms with Gasteiger partial charge in [0.2, 0.25) is 5.95 Å². The van der Waals surface area contributed by atoms with E-state index in [2.05, 4.69) is 21.1 Å². The molecule has 0 spiro atoms. The van der Waals surface area contributed by atoms with E-state index in [9.17, 15) is 0 Å². The first-order valence-electron chi connectivity index (χ1n) is 6.84. The molecule has 4 heteroatoms. The third-order valence-corrected chi connectivity index (χ3v) is 4.00. The molecule has 1 saturated carbocycles. The van der Waals surface area contributed by atoms with Crippen molar-refractivity contribution in [3.8, 4) is 0 Å². The maximum absolute atomic E-state index is 5.89. The molecule has 1 aromatic heterocycles. The highest BCUT2D eigenvalue weighted by Crippen LogP contribution is 2.31. The summed E-state index contributed by atoms with van der Waals surface area (Å²) < 4.78 is 2.28. The highest BCUT2D eigenvalue weighted by atomic mass is 35.5. The van der Waals surface area contributed by atoms with Crippen molar-refractivity contribution in [2.75, 3.05) is 5.32 Å². The van der Waals surface area contributed by atoms with E-state index in [-0.39, 0.29) is 0 Å². The first-order chi connectivity index (χ1) is 9.33. The fourth-order valence-corrected chi connectivity index (χ4v) is 2.84. The molecular formula is C15H18ClN3. The maximum Gasteiger partial charge on any atom is 0.203 e. The van der Waals surface area contributed by atoms with Crippen molar-refractivity contribution in [1.29, 1.82) is 0 Å². The molecule has 3 rings (SSSR count). The summed E-state index contributed by atoms with van der Waals surface area (Å²) in [6.07, 6.45) is 9.17. The molecule has 0 aliphatic heterocycles. The Kier molecular flexibility index (Phi) is 3.74. The Balaban J connectivity index is 1.66. The van der Waals surface area contributed by atoms with Crippen LogP contribution in [0.3, 0.4) is 0 Å². The summed E-state index contributed by atoms with van der Waals surface area (Å²) in [6, 6.07) is 8.54. The van der Waals surface area contributed by atoms with Crippen LogP contribution in [0, 0.1) is 0 Å². The molecule has 0 atom stereocenters. The Bertz CT molecular complexity index is 527. The van der Waals surface area contributed by atoms with E-state index in [4.69, 9.17) is 11.6 Å². The van der Waals surface area contributed by atoms with Crippen LogP contribution in [-0.4, -0.2) is 9.55 Å². The van der Waals surface area contributed by atoms with Crippen molar-refractivity contribution in [1.82, 2.24) is 9.55 Å². The lowest BCUT2D eigenvalue weighted by Gasteiger charge is -2.15. The highest BCUT2D eigenvalue weighted by Gasteiger charge is 2.18. The monoisotopic (exact) mass is 275 g/mol. The number of rotatable bonds is 4. The molecule has 1 heterocycles. The van der Waals surface area contributed by atoms with E-state index < -0.39 is 0 Å². The zero-order valence-corrected chi connectivity index (χ0v) is 11.6. The summed E-state index contributed by atoms with van der Waals surface area (Å²) >= 11 is 5.89. The Morgan fingerprint density at radius 3 is 2.68 bits per heavy atom. The van der Waals surface area contributed by atoms with Gasteiger partial charge < -0.3 is 9.88 Å². The van der Waals surface area contributed by atoms with E-state index in [0.29, 0.717) is 6.04 Å². The van der Waals surface area contributed by atoms with Gasteiger partial charge >= 0.3 is 0 Å². The van der Waals surface area contributed by atoms with Crippen molar-refractivity contribution < 1.29 is 0 Å². The number of nitrogens with one attached hydrogen (secondary N) is 1. The molecule has 1 N–H and O–H groups in total. The maximum atomic E-state index is 5.89. The van der Waals surface area contributed by atoms with Gasteiger partial charge in [-0.3, -0.25) is 0 Å². The van der Waals surface area contributed by atoms with Crippen LogP contribution in [0.15, 0.2) is 36.7 Å². The van der Waals surface area contributed by atoms with Gasteiger partial charge in [-0.25, -0.2) is 4.98 Å². The van der Waals surface area contributed by atoms with Crippen molar-refractivity contribution in [3.63, 3.8) is 0 Å². The molecule has 0 bridgehead atoms. The van der Waals surface area contributed by atoms with Crippen LogP contribution in [0.1, 0.15) is 37.3 Å². The molecule has 2 aromatic rings. The summed E-state index contributed by atoms with van der Waals surface area (Å²) in [5.41, 5.74) is 1.21. The lowest BCUT2D eigenvalue weighted by atomic mass is 10.2. The van der Waals surface area contributed by atoms with Crippen molar-refractivity contribution >= 4 is 17.5 Å². The fraction of sp³-hybridized carbons (Fsp3) is 0.400. The summed E-state index contributed by atoms with van der Waals surface area (Å²) in [6.45, 7) is 0.779. The van der Waals surface area contributed by atoms with Crippen molar-refractivity contribution in [3.05, 3.63) is 47.2 Å². The predicted molar refractivity (Wildman–Crippen MR) is 78.5 cm³/mol. The molecule has 100 valence electrons. The summed E-state index contributed by atoms with van der Waals surface area (Å²) in [7, 11) is 0. The van der Waals surface area contributed by atoms with Gasteiger partial charge in [0, 0.05) is 30.0 Å². The lowest BCUT2D eigenvalue weighted by molar-refractivity contribution is 0.523. The number of hydrogen-bond acceptors (Lipinski definition) is 2. The Hall–Kier alpha value is -1.48. The van der Waals surface area contributed by atoms with Crippen LogP contribution in [0.25, 0.3) is 0 Å². The van der Waals surface area contributed by atoms with E-state index in [1.807, 2.05) is 30.5 Å². The quantitative estimate of drug-likeness (QED) is 0.903. The second-order valence-corrected chi connectivity index (χ2v) is 5.51. The number of benzene rings is 1. The molecule has 1 aliphatic rings. The van der Waals surface area contributed by atoms with E-state index in [0.717, 1.165) is 17.5 Å². The summed E-state index contributed by atoms with van der Waals surface area (Å²) in [4.78, 5) is 4.42. The third-order valence-electron chi connectivity index (χ3n) is 3.75. The number of hydrogen-bond donors (Lipinski definition) is 1. The van der Waals surface area contributed by atoms with Crippen molar-refractivity contribution in [2.45, 2.75) is 38.3 Å². The van der Waals surface area contributed by atoms with Gasteiger partial charge in [-0.1, -0.05) is 36.6 Å². The average Bonchev–Trinajstić information content (AvgIpc) is 3.08. The number of nitrogens with zero attached hydrogens (tertiary/aromatic N) is 2. The SMILES string of the molecule is Clc1ccc(CNc2nccn2C2CCCC2)cc1. The van der Waals surface area contributed by atoms with Crippen LogP contribution in [-0.2, 0) is 6.54 Å². The topological polar surface area (TPSA) is 29.9 Å². The zero-order chi connectivity index (χ0) is 13.1. The Morgan fingerprint density at radius 2 is 1.95 bits per heavy atom. The van der Waals surface area contributed by atoms with E-state index >= 15 is 0 Å². The fourth-order valence-electron chi connectivity index (χ4n) is 2.71. The molecule has 0 unspecified atom stereocenters. The van der Waals surface area contributed by atoms with Crippen LogP contribution in [0.5, 0.6) is 0 Å². The second kappa shape index (κ2) is 5.66. The average molecular weight is 276 g/mol. The van der Waals surface area contributed by atoms with Gasteiger partial charge in [0.05, 0.1) is 0 Å². The molecular weight excluding hydrogens is 258 g/mol. The number of imidazole rings is 1. The first-order valence-corrected chi connectivity index (χ1v) is 7.22. The molecule has 0 radical (unpaired) electrons. The van der Waals surface area contributed by atoms with Crippen LogP contribution >= 0.6 is 11.6 Å². The molecule has 1 aliphatic carbocycles. The normalized spacial score (nSPS) is 15.8. The third kappa shape index (κ3) is 2.92. The molecule has 1 fully saturated rings. The second-order valence-electron chi connectivity index (χ2n) is 5.08. The molecule has 0 amide bonds. The Labute approximate surface area is 118 Å². The molecule has 19 heavy (non-hydrogen) atoms. The first kappa shape index (κ1) is 12.5. The predicted octanol–water partition coefficient (Wildman–Crippen LogP) is 4.26. The van der Waals surface area contributed by atoms with Gasteiger partial charge in [-0.15, -0.1) is 0 Å². The van der Waals surface area contributed by atoms with Crippen LogP contribution in [0.4, 0.5) is 5.95 Å². The standard InChI is InChI=1S/C15H18ClN3/c16-13-7-5-12(6-8-13)11-18-15-17-9-10-19(15)14-3-1-2-4-14/h5-10,14H,1-4,11H2,(H,17,18). The summed E-state index contributed by atoms with van der Waals surface area (Å²) in [5.74, 6) is 0.974. The number of halogens is 1. The highest BCUT2D eigenvalue weighted by molar-refractivity contribution is 6.30. The van der Waals surface area contributed by atoms with Gasteiger partial charge in [0.15, 0.2) is 0 Å². The number of anilines is 1.